The first-order chi connectivity index (χ1) is 42.9. The Hall–Kier alpha value is -8.53. The van der Waals surface area contributed by atoms with Gasteiger partial charge in [0.15, 0.2) is 0 Å². The van der Waals surface area contributed by atoms with E-state index in [1.165, 1.54) is 21.9 Å². The highest BCUT2D eigenvalue weighted by Gasteiger charge is 2.40. The van der Waals surface area contributed by atoms with E-state index in [0.717, 1.165) is 60.8 Å². The van der Waals surface area contributed by atoms with Gasteiger partial charge in [-0.2, -0.15) is 0 Å². The van der Waals surface area contributed by atoms with Crippen LogP contribution < -0.4 is 27.0 Å². The highest BCUT2D eigenvalue weighted by atomic mass is 35.5. The maximum absolute atomic E-state index is 13.9. The number of benzene rings is 4. The first-order valence-corrected chi connectivity index (χ1v) is 31.3. The predicted octanol–water partition coefficient (Wildman–Crippen LogP) is 10.3. The quantitative estimate of drug-likeness (QED) is 0.0258. The molecule has 4 heterocycles. The van der Waals surface area contributed by atoms with Crippen molar-refractivity contribution in [3.8, 4) is 0 Å². The molecule has 0 saturated carbocycles. The van der Waals surface area contributed by atoms with Crippen molar-refractivity contribution in [3.05, 3.63) is 149 Å². The lowest BCUT2D eigenvalue weighted by Crippen LogP contribution is -2.56. The van der Waals surface area contributed by atoms with Crippen LogP contribution in [0, 0.1) is 27.0 Å². The first-order valence-electron chi connectivity index (χ1n) is 30.5. The van der Waals surface area contributed by atoms with Crippen LogP contribution in [0.1, 0.15) is 138 Å². The number of likely N-dealkylation sites (tertiary alicyclic amines) is 2. The molecule has 0 aliphatic carbocycles. The Morgan fingerprint density at radius 2 is 1.00 bits per heavy atom. The summed E-state index contributed by atoms with van der Waals surface area (Å²) < 4.78 is 0. The molecule has 4 aromatic rings. The van der Waals surface area contributed by atoms with Gasteiger partial charge in [-0.1, -0.05) is 76.8 Å². The molecule has 4 aromatic carbocycles. The lowest BCUT2D eigenvalue weighted by atomic mass is 9.90. The Morgan fingerprint density at radius 3 is 1.38 bits per heavy atom. The maximum atomic E-state index is 13.9. The number of amides is 8. The van der Waals surface area contributed by atoms with Gasteiger partial charge in [0.25, 0.3) is 0 Å². The number of hydrogen-bond acceptors (Lipinski definition) is 10. The zero-order valence-electron chi connectivity index (χ0n) is 52.0. The average Bonchev–Trinajstić information content (AvgIpc) is 0.898. The monoisotopic (exact) mass is 1270 g/mol. The largest absolute Gasteiger partial charge is 0.342 e. The number of hydrogen-bond donors (Lipinski definition) is 5. The average molecular weight is 1270 g/mol. The van der Waals surface area contributed by atoms with Crippen LogP contribution in [-0.2, 0) is 64.3 Å². The van der Waals surface area contributed by atoms with E-state index in [0.29, 0.717) is 34.3 Å². The molecule has 2 fully saturated rings. The van der Waals surface area contributed by atoms with Gasteiger partial charge in [0.05, 0.1) is 13.1 Å². The van der Waals surface area contributed by atoms with Gasteiger partial charge in [0.2, 0.25) is 58.6 Å². The molecule has 0 spiro atoms. The third kappa shape index (κ3) is 17.4. The number of piperidine rings is 2. The minimum absolute atomic E-state index is 0.0145. The van der Waals surface area contributed by atoms with E-state index in [2.05, 4.69) is 54.8 Å². The zero-order valence-corrected chi connectivity index (χ0v) is 53.5. The molecule has 8 rings (SSSR count). The minimum atomic E-state index is -1.13. The van der Waals surface area contributed by atoms with Crippen LogP contribution in [0.25, 0.3) is 20.1 Å². The van der Waals surface area contributed by atoms with Gasteiger partial charge < -0.3 is 46.6 Å². The number of azide groups is 1. The summed E-state index contributed by atoms with van der Waals surface area (Å²) in [5, 5.41) is 15.3. The standard InChI is InChI=1S/C33H39ClN8O4.C33H41ClN6O4/c1-21-17-27(26(36-4)19-24(21)34)39-31(45)25(13-15-37-40-35)38-32(46)28-18-22-9-5-6-10-23(22)20-41(28)29(43)11-12-30(44)42-16-8-7-14-33(42,2)3;1-21-17-27(26(36-4)19-24(21)34)38-31(43)25(13-15-35)37-32(44)28-18-22-9-5-6-10-23(22)20-39(28)29(41)11-12-30(42)40-16-8-7-14-33(40,2)3/h5-6,9-10,17,19,25,28H,7-8,11-16,18,20H2,1-3H3,(H,38,46)(H,39,45);5-6,9-10,17,19,25,28H,7-8,11-16,18,20,35H2,1-3H3,(H,37,44)(H,38,43)/t2*25-,28-/m00/s1. The van der Waals surface area contributed by atoms with Gasteiger partial charge in [-0.15, -0.1) is 0 Å². The number of aryl methyl sites for hydroxylation is 2. The molecule has 8 amide bonds. The number of carbonyl (C=O) groups is 8. The fraction of sp³-hybridized carbons (Fsp3) is 0.485. The third-order valence-corrected chi connectivity index (χ3v) is 18.2. The predicted molar refractivity (Wildman–Crippen MR) is 345 cm³/mol. The minimum Gasteiger partial charge on any atom is -0.342 e. The Kier molecular flexibility index (Phi) is 24.0. The van der Waals surface area contributed by atoms with E-state index in [4.69, 9.17) is 47.6 Å². The number of fused-ring (bicyclic) bond motifs is 2. The first kappa shape index (κ1) is 69.0. The number of nitrogens with two attached hydrogens (primary N) is 1. The van der Waals surface area contributed by atoms with Gasteiger partial charge in [-0.3, -0.25) is 38.4 Å². The third-order valence-electron chi connectivity index (χ3n) is 17.4. The van der Waals surface area contributed by atoms with Crippen LogP contribution in [0.2, 0.25) is 10.0 Å². The Labute approximate surface area is 536 Å². The number of halogens is 2. The van der Waals surface area contributed by atoms with E-state index in [1.54, 1.807) is 26.0 Å². The molecular formula is C66H80Cl2N14O8. The second-order valence-corrected chi connectivity index (χ2v) is 25.3. The fourth-order valence-electron chi connectivity index (χ4n) is 12.1. The molecule has 0 radical (unpaired) electrons. The van der Waals surface area contributed by atoms with E-state index < -0.39 is 47.8 Å². The van der Waals surface area contributed by atoms with Crippen LogP contribution in [0.5, 0.6) is 0 Å². The van der Waals surface area contributed by atoms with Crippen LogP contribution in [-0.4, -0.2) is 128 Å². The van der Waals surface area contributed by atoms with Crippen LogP contribution in [0.3, 0.4) is 0 Å². The molecule has 6 N–H and O–H groups in total. The van der Waals surface area contributed by atoms with Crippen LogP contribution in [0.15, 0.2) is 77.9 Å². The van der Waals surface area contributed by atoms with Crippen molar-refractivity contribution in [2.24, 2.45) is 10.8 Å². The molecule has 4 atom stereocenters. The molecule has 0 aromatic heterocycles. The van der Waals surface area contributed by atoms with Gasteiger partial charge in [0, 0.05) is 109 Å². The number of rotatable bonds is 19. The SMILES string of the molecule is [C-]#[N+]c1cc(Cl)c(C)cc1NC(=O)[C@H](CCN)NC(=O)[C@@H]1Cc2ccccc2CN1C(=O)CCC(=O)N1CCCCC1(C)C.[C-]#[N+]c1cc(Cl)c(C)cc1NC(=O)[C@H](CCN=[N+]=[N-])NC(=O)[C@@H]1Cc2ccccc2CN1C(=O)CCC(=O)N1CCCCC1(C)C. The normalized spacial score (nSPS) is 17.8. The van der Waals surface area contributed by atoms with E-state index >= 15 is 0 Å². The molecule has 476 valence electrons. The summed E-state index contributed by atoms with van der Waals surface area (Å²) in [6.07, 6.45) is 6.51. The molecule has 4 aliphatic rings. The summed E-state index contributed by atoms with van der Waals surface area (Å²) in [5.41, 5.74) is 20.0. The maximum Gasteiger partial charge on any atom is 0.245 e. The molecule has 90 heavy (non-hydrogen) atoms. The fourth-order valence-corrected chi connectivity index (χ4v) is 12.4. The number of anilines is 2. The molecule has 0 unspecified atom stereocenters. The van der Waals surface area contributed by atoms with E-state index in [-0.39, 0.29) is 135 Å². The van der Waals surface area contributed by atoms with Crippen LogP contribution in [0.4, 0.5) is 22.7 Å². The Morgan fingerprint density at radius 1 is 0.611 bits per heavy atom. The molecule has 24 heteroatoms. The lowest BCUT2D eigenvalue weighted by Gasteiger charge is -2.43. The number of nitrogens with zero attached hydrogens (tertiary/aromatic N) is 9. The summed E-state index contributed by atoms with van der Waals surface area (Å²) in [7, 11) is 0. The van der Waals surface area contributed by atoms with E-state index in [9.17, 15) is 38.4 Å². The summed E-state index contributed by atoms with van der Waals surface area (Å²) in [6.45, 7) is 28.4. The molecule has 2 saturated heterocycles. The van der Waals surface area contributed by atoms with Crippen molar-refractivity contribution in [1.29, 1.82) is 0 Å². The van der Waals surface area contributed by atoms with Gasteiger partial charge in [-0.05, 0) is 163 Å². The van der Waals surface area contributed by atoms with Crippen molar-refractivity contribution in [2.75, 3.05) is 36.8 Å². The zero-order chi connectivity index (χ0) is 65.5. The van der Waals surface area contributed by atoms with Crippen molar-refractivity contribution in [2.45, 2.75) is 180 Å². The molecule has 0 bridgehead atoms. The Balaban J connectivity index is 0.000000256. The number of nitrogens with one attached hydrogen (secondary N) is 4. The van der Waals surface area contributed by atoms with Crippen molar-refractivity contribution >= 4 is 93.2 Å². The number of carbonyl (C=O) groups excluding carboxylic acids is 8. The smallest absolute Gasteiger partial charge is 0.245 e. The summed E-state index contributed by atoms with van der Waals surface area (Å²) in [5.74, 6) is -2.93. The highest BCUT2D eigenvalue weighted by molar-refractivity contribution is 6.32. The Bertz CT molecular complexity index is 3520. The second kappa shape index (κ2) is 31.3. The van der Waals surface area contributed by atoms with Crippen molar-refractivity contribution in [1.82, 2.24) is 30.2 Å². The highest BCUT2D eigenvalue weighted by Crippen LogP contribution is 2.35. The van der Waals surface area contributed by atoms with Crippen LogP contribution >= 0.6 is 23.2 Å². The summed E-state index contributed by atoms with van der Waals surface area (Å²) in [4.78, 5) is 124. The molecular weight excluding hydrogens is 1190 g/mol. The van der Waals surface area contributed by atoms with Crippen molar-refractivity contribution < 1.29 is 38.4 Å². The lowest BCUT2D eigenvalue weighted by molar-refractivity contribution is -0.145. The van der Waals surface area contributed by atoms with Gasteiger partial charge >= 0.3 is 0 Å². The van der Waals surface area contributed by atoms with Gasteiger partial charge in [-0.25, -0.2) is 9.69 Å². The summed E-state index contributed by atoms with van der Waals surface area (Å²) >= 11 is 12.3. The van der Waals surface area contributed by atoms with Gasteiger partial charge in [0.1, 0.15) is 24.2 Å². The van der Waals surface area contributed by atoms with E-state index in [1.807, 2.05) is 72.2 Å². The van der Waals surface area contributed by atoms with Crippen molar-refractivity contribution in [3.63, 3.8) is 0 Å². The molecule has 22 nitrogen and oxygen atoms in total. The topological polar surface area (TPSA) is 281 Å². The summed E-state index contributed by atoms with van der Waals surface area (Å²) in [6, 6.07) is 17.4. The second-order valence-electron chi connectivity index (χ2n) is 24.5. The molecule has 4 aliphatic heterocycles.